The van der Waals surface area contributed by atoms with Crippen LogP contribution in [0.5, 0.6) is 0 Å². The Morgan fingerprint density at radius 3 is 2.48 bits per heavy atom. The molecule has 2 aliphatic rings. The van der Waals surface area contributed by atoms with E-state index < -0.39 is 0 Å². The van der Waals surface area contributed by atoms with Crippen LogP contribution in [0.25, 0.3) is 0 Å². The SMILES string of the molecule is CCC1CNCCN1C(C(=O)N1CCCC1)c1ccc(N(C)C)cc1. The van der Waals surface area contributed by atoms with Crippen molar-refractivity contribution in [2.24, 2.45) is 0 Å². The summed E-state index contributed by atoms with van der Waals surface area (Å²) in [7, 11) is 4.09. The molecule has 2 saturated heterocycles. The van der Waals surface area contributed by atoms with Gasteiger partial charge in [0.2, 0.25) is 5.91 Å². The first-order chi connectivity index (χ1) is 12.1. The van der Waals surface area contributed by atoms with Gasteiger partial charge in [0.1, 0.15) is 6.04 Å². The van der Waals surface area contributed by atoms with Crippen molar-refractivity contribution in [1.29, 1.82) is 0 Å². The molecule has 0 aliphatic carbocycles. The van der Waals surface area contributed by atoms with Gasteiger partial charge >= 0.3 is 0 Å². The van der Waals surface area contributed by atoms with E-state index in [0.29, 0.717) is 6.04 Å². The minimum Gasteiger partial charge on any atom is -0.378 e. The molecule has 0 aromatic heterocycles. The summed E-state index contributed by atoms with van der Waals surface area (Å²) < 4.78 is 0. The van der Waals surface area contributed by atoms with Crippen molar-refractivity contribution in [1.82, 2.24) is 15.1 Å². The van der Waals surface area contributed by atoms with Crippen LogP contribution in [0.3, 0.4) is 0 Å². The van der Waals surface area contributed by atoms with Crippen molar-refractivity contribution >= 4 is 11.6 Å². The molecule has 2 unspecified atom stereocenters. The molecule has 5 heteroatoms. The maximum absolute atomic E-state index is 13.4. The number of likely N-dealkylation sites (tertiary alicyclic amines) is 1. The van der Waals surface area contributed by atoms with Gasteiger partial charge in [-0.2, -0.15) is 0 Å². The highest BCUT2D eigenvalue weighted by molar-refractivity contribution is 5.83. The molecule has 5 nitrogen and oxygen atoms in total. The van der Waals surface area contributed by atoms with E-state index in [1.54, 1.807) is 0 Å². The monoisotopic (exact) mass is 344 g/mol. The van der Waals surface area contributed by atoms with Gasteiger partial charge in [0.05, 0.1) is 0 Å². The smallest absolute Gasteiger partial charge is 0.244 e. The van der Waals surface area contributed by atoms with Gasteiger partial charge in [0.15, 0.2) is 0 Å². The van der Waals surface area contributed by atoms with Crippen LogP contribution in [0.4, 0.5) is 5.69 Å². The third-order valence-corrected chi connectivity index (χ3v) is 5.58. The van der Waals surface area contributed by atoms with E-state index in [9.17, 15) is 4.79 Å². The van der Waals surface area contributed by atoms with Gasteiger partial charge in [-0.1, -0.05) is 19.1 Å². The summed E-state index contributed by atoms with van der Waals surface area (Å²) in [5, 5.41) is 3.48. The first-order valence-electron chi connectivity index (χ1n) is 9.64. The predicted octanol–water partition coefficient (Wildman–Crippen LogP) is 2.10. The first kappa shape index (κ1) is 18.2. The number of hydrogen-bond acceptors (Lipinski definition) is 4. The molecule has 0 saturated carbocycles. The second-order valence-electron chi connectivity index (χ2n) is 7.42. The lowest BCUT2D eigenvalue weighted by Crippen LogP contribution is -2.55. The molecule has 138 valence electrons. The summed E-state index contributed by atoms with van der Waals surface area (Å²) in [4.78, 5) is 20.0. The molecule has 3 rings (SSSR count). The van der Waals surface area contributed by atoms with Crippen molar-refractivity contribution in [3.05, 3.63) is 29.8 Å². The van der Waals surface area contributed by atoms with Crippen molar-refractivity contribution in [3.63, 3.8) is 0 Å². The standard InChI is InChI=1S/C20H32N4O/c1-4-17-15-21-11-14-24(17)19(20(25)23-12-5-6-13-23)16-7-9-18(10-8-16)22(2)3/h7-10,17,19,21H,4-6,11-15H2,1-3H3. The molecule has 2 heterocycles. The van der Waals surface area contributed by atoms with Crippen LogP contribution in [0, 0.1) is 0 Å². The zero-order valence-electron chi connectivity index (χ0n) is 15.9. The summed E-state index contributed by atoms with van der Waals surface area (Å²) in [5.41, 5.74) is 2.30. The molecular formula is C20H32N4O. The van der Waals surface area contributed by atoms with Gasteiger partial charge < -0.3 is 15.1 Å². The topological polar surface area (TPSA) is 38.8 Å². The molecule has 0 spiro atoms. The lowest BCUT2D eigenvalue weighted by molar-refractivity contribution is -0.137. The Balaban J connectivity index is 1.91. The van der Waals surface area contributed by atoms with E-state index >= 15 is 0 Å². The van der Waals surface area contributed by atoms with Gasteiger partial charge in [-0.3, -0.25) is 9.69 Å². The summed E-state index contributed by atoms with van der Waals surface area (Å²) in [6, 6.07) is 8.80. The number of nitrogens with zero attached hydrogens (tertiary/aromatic N) is 3. The van der Waals surface area contributed by atoms with Crippen molar-refractivity contribution in [2.45, 2.75) is 38.3 Å². The van der Waals surface area contributed by atoms with Crippen LogP contribution in [0.15, 0.2) is 24.3 Å². The van der Waals surface area contributed by atoms with Gasteiger partial charge in [0.25, 0.3) is 0 Å². The highest BCUT2D eigenvalue weighted by Crippen LogP contribution is 2.30. The lowest BCUT2D eigenvalue weighted by atomic mass is 9.99. The second-order valence-corrected chi connectivity index (χ2v) is 7.42. The Labute approximate surface area is 152 Å². The lowest BCUT2D eigenvalue weighted by Gasteiger charge is -2.42. The summed E-state index contributed by atoms with van der Waals surface area (Å²) in [5.74, 6) is 0.287. The first-order valence-corrected chi connectivity index (χ1v) is 9.64. The van der Waals surface area contributed by atoms with E-state index in [-0.39, 0.29) is 11.9 Å². The van der Waals surface area contributed by atoms with E-state index in [0.717, 1.165) is 57.5 Å². The average Bonchev–Trinajstić information content (AvgIpc) is 3.17. The fourth-order valence-corrected chi connectivity index (χ4v) is 4.04. The highest BCUT2D eigenvalue weighted by Gasteiger charge is 2.36. The zero-order valence-corrected chi connectivity index (χ0v) is 15.9. The number of piperazine rings is 1. The maximum atomic E-state index is 13.4. The van der Waals surface area contributed by atoms with Crippen LogP contribution < -0.4 is 10.2 Å². The molecule has 1 aromatic carbocycles. The molecule has 1 N–H and O–H groups in total. The summed E-state index contributed by atoms with van der Waals surface area (Å²) in [6.45, 7) is 6.89. The molecule has 0 bridgehead atoms. The second kappa shape index (κ2) is 8.19. The van der Waals surface area contributed by atoms with Crippen molar-refractivity contribution in [2.75, 3.05) is 51.7 Å². The number of carbonyl (C=O) groups is 1. The number of hydrogen-bond donors (Lipinski definition) is 1. The third kappa shape index (κ3) is 3.98. The third-order valence-electron chi connectivity index (χ3n) is 5.58. The van der Waals surface area contributed by atoms with Crippen LogP contribution in [0.2, 0.25) is 0 Å². The summed E-state index contributed by atoms with van der Waals surface area (Å²) in [6.07, 6.45) is 3.33. The number of rotatable bonds is 5. The zero-order chi connectivity index (χ0) is 17.8. The Hall–Kier alpha value is -1.59. The molecule has 0 radical (unpaired) electrons. The van der Waals surface area contributed by atoms with E-state index in [1.165, 1.54) is 5.69 Å². The average molecular weight is 345 g/mol. The largest absolute Gasteiger partial charge is 0.378 e. The molecule has 2 fully saturated rings. The van der Waals surface area contributed by atoms with Crippen LogP contribution in [-0.4, -0.2) is 68.6 Å². The van der Waals surface area contributed by atoms with Gasteiger partial charge in [-0.25, -0.2) is 0 Å². The molecule has 1 amide bonds. The van der Waals surface area contributed by atoms with Gasteiger partial charge in [-0.05, 0) is 37.0 Å². The molecule has 25 heavy (non-hydrogen) atoms. The normalized spacial score (nSPS) is 22.8. The number of amides is 1. The van der Waals surface area contributed by atoms with Crippen LogP contribution in [0.1, 0.15) is 37.8 Å². The van der Waals surface area contributed by atoms with E-state index in [4.69, 9.17) is 0 Å². The summed E-state index contributed by atoms with van der Waals surface area (Å²) >= 11 is 0. The van der Waals surface area contributed by atoms with Gasteiger partial charge in [-0.15, -0.1) is 0 Å². The fourth-order valence-electron chi connectivity index (χ4n) is 4.04. The number of benzene rings is 1. The number of nitrogens with one attached hydrogen (secondary N) is 1. The van der Waals surface area contributed by atoms with Crippen molar-refractivity contribution < 1.29 is 4.79 Å². The minimum absolute atomic E-state index is 0.152. The minimum atomic E-state index is -0.152. The molecule has 1 aromatic rings. The Morgan fingerprint density at radius 1 is 1.20 bits per heavy atom. The molecule has 2 atom stereocenters. The fraction of sp³-hybridized carbons (Fsp3) is 0.650. The van der Waals surface area contributed by atoms with Crippen molar-refractivity contribution in [3.8, 4) is 0 Å². The predicted molar refractivity (Wildman–Crippen MR) is 103 cm³/mol. The molecular weight excluding hydrogens is 312 g/mol. The van der Waals surface area contributed by atoms with Gasteiger partial charge in [0, 0.05) is 58.5 Å². The quantitative estimate of drug-likeness (QED) is 0.888. The maximum Gasteiger partial charge on any atom is 0.244 e. The van der Waals surface area contributed by atoms with Crippen LogP contribution in [-0.2, 0) is 4.79 Å². The Bertz CT molecular complexity index is 566. The van der Waals surface area contributed by atoms with Crippen LogP contribution >= 0.6 is 0 Å². The Morgan fingerprint density at radius 2 is 1.88 bits per heavy atom. The number of carbonyl (C=O) groups excluding carboxylic acids is 1. The molecule has 2 aliphatic heterocycles. The Kier molecular flexibility index (Phi) is 5.97. The number of anilines is 1. The highest BCUT2D eigenvalue weighted by atomic mass is 16.2. The van der Waals surface area contributed by atoms with E-state index in [1.807, 2.05) is 14.1 Å². The van der Waals surface area contributed by atoms with E-state index in [2.05, 4.69) is 51.2 Å².